The molecule has 0 aliphatic rings. The predicted molar refractivity (Wildman–Crippen MR) is 103 cm³/mol. The molecule has 0 saturated carbocycles. The van der Waals surface area contributed by atoms with Crippen LogP contribution in [-0.2, 0) is 4.79 Å². The monoisotopic (exact) mass is 355 g/mol. The maximum Gasteiger partial charge on any atom is 0.293 e. The fourth-order valence-corrected chi connectivity index (χ4v) is 2.87. The van der Waals surface area contributed by atoms with Crippen LogP contribution in [0.3, 0.4) is 0 Å². The molecule has 0 spiro atoms. The molecule has 0 bridgehead atoms. The number of benzene rings is 2. The molecule has 0 aliphatic carbocycles. The van der Waals surface area contributed by atoms with Gasteiger partial charge in [0.25, 0.3) is 5.69 Å². The average Bonchev–Trinajstić information content (AvgIpc) is 2.62. The Hall–Kier alpha value is -2.73. The van der Waals surface area contributed by atoms with E-state index in [4.69, 9.17) is 0 Å². The third-order valence-electron chi connectivity index (χ3n) is 4.18. The van der Waals surface area contributed by atoms with Gasteiger partial charge in [-0.15, -0.1) is 0 Å². The largest absolute Gasteiger partial charge is 0.319 e. The molecule has 6 nitrogen and oxygen atoms in total. The van der Waals surface area contributed by atoms with Crippen molar-refractivity contribution in [3.63, 3.8) is 0 Å². The Morgan fingerprint density at radius 2 is 1.88 bits per heavy atom. The molecule has 6 heteroatoms. The van der Waals surface area contributed by atoms with Gasteiger partial charge >= 0.3 is 0 Å². The normalized spacial score (nSPS) is 13.0. The van der Waals surface area contributed by atoms with Gasteiger partial charge in [0.2, 0.25) is 5.91 Å². The Morgan fingerprint density at radius 3 is 2.50 bits per heavy atom. The van der Waals surface area contributed by atoms with E-state index in [1.54, 1.807) is 19.1 Å². The smallest absolute Gasteiger partial charge is 0.293 e. The second kappa shape index (κ2) is 9.10. The molecule has 0 radical (unpaired) electrons. The zero-order chi connectivity index (χ0) is 19.1. The summed E-state index contributed by atoms with van der Waals surface area (Å²) in [4.78, 5) is 23.7. The maximum absolute atomic E-state index is 12.9. The zero-order valence-electron chi connectivity index (χ0n) is 15.4. The van der Waals surface area contributed by atoms with Crippen molar-refractivity contribution < 1.29 is 9.72 Å². The van der Waals surface area contributed by atoms with Crippen LogP contribution in [0.2, 0.25) is 0 Å². The quantitative estimate of drug-likeness (QED) is 0.544. The lowest BCUT2D eigenvalue weighted by Gasteiger charge is -2.23. The Balaban J connectivity index is 2.28. The molecule has 0 heterocycles. The third-order valence-corrected chi connectivity index (χ3v) is 4.18. The van der Waals surface area contributed by atoms with Crippen LogP contribution in [0.15, 0.2) is 48.5 Å². The van der Waals surface area contributed by atoms with Gasteiger partial charge in [-0.05, 0) is 37.5 Å². The van der Waals surface area contributed by atoms with Gasteiger partial charge in [0, 0.05) is 12.1 Å². The number of nitro groups is 1. The lowest BCUT2D eigenvalue weighted by molar-refractivity contribution is -0.384. The zero-order valence-corrected chi connectivity index (χ0v) is 15.4. The summed E-state index contributed by atoms with van der Waals surface area (Å²) in [5.41, 5.74) is 1.69. The van der Waals surface area contributed by atoms with E-state index in [2.05, 4.69) is 17.6 Å². The van der Waals surface area contributed by atoms with Gasteiger partial charge in [-0.3, -0.25) is 20.2 Å². The van der Waals surface area contributed by atoms with Gasteiger partial charge < -0.3 is 5.32 Å². The van der Waals surface area contributed by atoms with Gasteiger partial charge in [-0.25, -0.2) is 0 Å². The summed E-state index contributed by atoms with van der Waals surface area (Å²) >= 11 is 0. The lowest BCUT2D eigenvalue weighted by Crippen LogP contribution is -2.38. The number of amides is 1. The van der Waals surface area contributed by atoms with Gasteiger partial charge in [-0.1, -0.05) is 49.7 Å². The molecule has 0 aliphatic heterocycles. The Kier molecular flexibility index (Phi) is 6.86. The van der Waals surface area contributed by atoms with Crippen molar-refractivity contribution in [3.05, 3.63) is 69.8 Å². The predicted octanol–water partition coefficient (Wildman–Crippen LogP) is 4.36. The Bertz CT molecular complexity index is 762. The fourth-order valence-electron chi connectivity index (χ4n) is 2.87. The summed E-state index contributed by atoms with van der Waals surface area (Å²) in [5, 5.41) is 17.4. The van der Waals surface area contributed by atoms with E-state index in [1.807, 2.05) is 37.3 Å². The van der Waals surface area contributed by atoms with E-state index in [0.717, 1.165) is 24.0 Å². The number of nitrogens with zero attached hydrogens (tertiary/aromatic N) is 1. The molecule has 2 rings (SSSR count). The first kappa shape index (κ1) is 19.6. The van der Waals surface area contributed by atoms with Crippen LogP contribution in [0.25, 0.3) is 0 Å². The molecule has 0 saturated heterocycles. The summed E-state index contributed by atoms with van der Waals surface area (Å²) in [6.07, 6.45) is 1.93. The van der Waals surface area contributed by atoms with E-state index in [9.17, 15) is 14.9 Å². The first-order chi connectivity index (χ1) is 12.4. The van der Waals surface area contributed by atoms with Crippen molar-refractivity contribution >= 4 is 17.3 Å². The number of anilines is 1. The molecule has 2 atom stereocenters. The van der Waals surface area contributed by atoms with E-state index in [1.165, 1.54) is 6.07 Å². The molecular weight excluding hydrogens is 330 g/mol. The number of nitrogens with one attached hydrogen (secondary N) is 2. The summed E-state index contributed by atoms with van der Waals surface area (Å²) in [7, 11) is 0. The van der Waals surface area contributed by atoms with Crippen molar-refractivity contribution in [2.24, 2.45) is 0 Å². The van der Waals surface area contributed by atoms with Crippen molar-refractivity contribution in [1.82, 2.24) is 5.32 Å². The van der Waals surface area contributed by atoms with Crippen LogP contribution in [-0.4, -0.2) is 16.9 Å². The van der Waals surface area contributed by atoms with Gasteiger partial charge in [-0.2, -0.15) is 0 Å². The van der Waals surface area contributed by atoms with Gasteiger partial charge in [0.05, 0.1) is 4.92 Å². The van der Waals surface area contributed by atoms with E-state index < -0.39 is 11.0 Å². The average molecular weight is 355 g/mol. The topological polar surface area (TPSA) is 84.3 Å². The number of hydrogen-bond acceptors (Lipinski definition) is 4. The van der Waals surface area contributed by atoms with Crippen molar-refractivity contribution in [1.29, 1.82) is 0 Å². The fraction of sp³-hybridized carbons (Fsp3) is 0.350. The number of nitro benzene ring substituents is 1. The lowest BCUT2D eigenvalue weighted by atomic mass is 10.0. The van der Waals surface area contributed by atoms with Gasteiger partial charge in [0.15, 0.2) is 0 Å². The summed E-state index contributed by atoms with van der Waals surface area (Å²) in [5.74, 6) is -0.314. The molecule has 2 aromatic carbocycles. The molecule has 138 valence electrons. The van der Waals surface area contributed by atoms with Gasteiger partial charge in [0.1, 0.15) is 11.7 Å². The molecule has 2 aromatic rings. The molecule has 0 fully saturated rings. The highest BCUT2D eigenvalue weighted by Gasteiger charge is 2.24. The number of carbonyl (C=O) groups is 1. The minimum Gasteiger partial charge on any atom is -0.319 e. The Labute approximate surface area is 153 Å². The second-order valence-electron chi connectivity index (χ2n) is 6.47. The molecular formula is C20H25N3O3. The molecule has 2 N–H and O–H groups in total. The maximum atomic E-state index is 12.9. The minimum absolute atomic E-state index is 0.105. The number of hydrogen-bond donors (Lipinski definition) is 2. The first-order valence-corrected chi connectivity index (χ1v) is 8.79. The van der Waals surface area contributed by atoms with Crippen molar-refractivity contribution in [3.8, 4) is 0 Å². The van der Waals surface area contributed by atoms with Crippen LogP contribution >= 0.6 is 0 Å². The van der Waals surface area contributed by atoms with E-state index in [-0.39, 0.29) is 23.3 Å². The first-order valence-electron chi connectivity index (χ1n) is 8.79. The molecule has 0 aromatic heterocycles. The third kappa shape index (κ3) is 5.13. The van der Waals surface area contributed by atoms with Crippen molar-refractivity contribution in [2.45, 2.75) is 45.7 Å². The Morgan fingerprint density at radius 1 is 1.19 bits per heavy atom. The second-order valence-corrected chi connectivity index (χ2v) is 6.47. The van der Waals surface area contributed by atoms with E-state index in [0.29, 0.717) is 0 Å². The molecule has 2 unspecified atom stereocenters. The van der Waals surface area contributed by atoms with Crippen LogP contribution in [0.5, 0.6) is 0 Å². The highest BCUT2D eigenvalue weighted by molar-refractivity contribution is 5.97. The highest BCUT2D eigenvalue weighted by Crippen LogP contribution is 2.27. The number of aryl methyl sites for hydroxylation is 1. The van der Waals surface area contributed by atoms with Crippen molar-refractivity contribution in [2.75, 3.05) is 5.32 Å². The van der Waals surface area contributed by atoms with Crippen LogP contribution in [0.4, 0.5) is 11.4 Å². The number of rotatable bonds is 8. The summed E-state index contributed by atoms with van der Waals surface area (Å²) < 4.78 is 0. The SMILES string of the molecule is CCCC(C)NC(C(=O)Nc1ccc(C)cc1[N+](=O)[O-])c1ccccc1. The minimum atomic E-state index is -0.585. The highest BCUT2D eigenvalue weighted by atomic mass is 16.6. The van der Waals surface area contributed by atoms with E-state index >= 15 is 0 Å². The molecule has 1 amide bonds. The molecule has 26 heavy (non-hydrogen) atoms. The summed E-state index contributed by atoms with van der Waals surface area (Å²) in [6.45, 7) is 5.89. The van der Waals surface area contributed by atoms with Crippen LogP contribution < -0.4 is 10.6 Å². The summed E-state index contributed by atoms with van der Waals surface area (Å²) in [6, 6.07) is 13.7. The number of carbonyl (C=O) groups excluding carboxylic acids is 1. The van der Waals surface area contributed by atoms with Crippen LogP contribution in [0, 0.1) is 17.0 Å². The standard InChI is InChI=1S/C20H25N3O3/c1-4-8-15(3)21-19(16-9-6-5-7-10-16)20(24)22-17-12-11-14(2)13-18(17)23(25)26/h5-7,9-13,15,19,21H,4,8H2,1-3H3,(H,22,24). The van der Waals surface area contributed by atoms with Crippen LogP contribution in [0.1, 0.15) is 43.9 Å².